The number of nitrogens with zero attached hydrogens (tertiary/aromatic N) is 1. The molecule has 0 radical (unpaired) electrons. The summed E-state index contributed by atoms with van der Waals surface area (Å²) in [6.45, 7) is 1.34. The minimum Gasteiger partial charge on any atom is -0.489 e. The van der Waals surface area contributed by atoms with Crippen LogP contribution in [0.15, 0.2) is 47.4 Å². The monoisotopic (exact) mass is 419 g/mol. The van der Waals surface area contributed by atoms with Gasteiger partial charge in [0.25, 0.3) is 11.1 Å². The highest BCUT2D eigenvalue weighted by Crippen LogP contribution is 2.37. The van der Waals surface area contributed by atoms with Gasteiger partial charge in [-0.2, -0.15) is 0 Å². The molecule has 146 valence electrons. The Labute approximate surface area is 171 Å². The standard InChI is InChI=1S/C20H18ClNO5S/c1-12-4-2-3-5-16(12)22-19(25)18(28-20(22)26)9-13-6-7-17(15(21)8-13)27-11-14(24)10-23/h2-9,14,23-24H,10-11H2,1H3/b18-9+/t14-/m1/s1. The summed E-state index contributed by atoms with van der Waals surface area (Å²) in [6.07, 6.45) is 0.602. The van der Waals surface area contributed by atoms with Gasteiger partial charge in [-0.25, -0.2) is 4.90 Å². The first kappa shape index (κ1) is 20.4. The third-order valence-corrected chi connectivity index (χ3v) is 5.21. The molecule has 3 rings (SSSR count). The summed E-state index contributed by atoms with van der Waals surface area (Å²) in [5, 5.41) is 18.1. The predicted octanol–water partition coefficient (Wildman–Crippen LogP) is 3.62. The van der Waals surface area contributed by atoms with Crippen molar-refractivity contribution in [3.8, 4) is 5.75 Å². The first-order valence-electron chi connectivity index (χ1n) is 8.45. The van der Waals surface area contributed by atoms with Crippen LogP contribution in [0.5, 0.6) is 5.75 Å². The van der Waals surface area contributed by atoms with Crippen molar-refractivity contribution >= 4 is 46.3 Å². The predicted molar refractivity (Wildman–Crippen MR) is 110 cm³/mol. The van der Waals surface area contributed by atoms with Crippen LogP contribution < -0.4 is 9.64 Å². The topological polar surface area (TPSA) is 87.1 Å². The van der Waals surface area contributed by atoms with Crippen LogP contribution in [0.4, 0.5) is 10.5 Å². The maximum absolute atomic E-state index is 12.7. The Morgan fingerprint density at radius 3 is 2.68 bits per heavy atom. The Kier molecular flexibility index (Phi) is 6.41. The zero-order valence-electron chi connectivity index (χ0n) is 15.0. The van der Waals surface area contributed by atoms with Crippen molar-refractivity contribution in [2.75, 3.05) is 18.1 Å². The van der Waals surface area contributed by atoms with E-state index in [0.29, 0.717) is 21.9 Å². The molecule has 1 aliphatic heterocycles. The number of rotatable bonds is 6. The van der Waals surface area contributed by atoms with Crippen LogP contribution in [0.2, 0.25) is 5.02 Å². The number of hydrogen-bond donors (Lipinski definition) is 2. The van der Waals surface area contributed by atoms with Crippen LogP contribution in [0, 0.1) is 6.92 Å². The van der Waals surface area contributed by atoms with Gasteiger partial charge in [-0.1, -0.05) is 35.9 Å². The summed E-state index contributed by atoms with van der Waals surface area (Å²) < 4.78 is 5.34. The molecule has 0 bridgehead atoms. The molecule has 2 N–H and O–H groups in total. The van der Waals surface area contributed by atoms with Crippen LogP contribution >= 0.6 is 23.4 Å². The van der Waals surface area contributed by atoms with Crippen molar-refractivity contribution in [2.24, 2.45) is 0 Å². The molecule has 2 aromatic carbocycles. The molecule has 0 spiro atoms. The molecule has 1 saturated heterocycles. The highest BCUT2D eigenvalue weighted by Gasteiger charge is 2.36. The Bertz CT molecular complexity index is 946. The van der Waals surface area contributed by atoms with E-state index in [9.17, 15) is 14.7 Å². The summed E-state index contributed by atoms with van der Waals surface area (Å²) in [6, 6.07) is 12.1. The fourth-order valence-electron chi connectivity index (χ4n) is 2.60. The smallest absolute Gasteiger partial charge is 0.298 e. The van der Waals surface area contributed by atoms with Gasteiger partial charge in [0.1, 0.15) is 18.5 Å². The zero-order valence-corrected chi connectivity index (χ0v) is 16.5. The Balaban J connectivity index is 1.80. The number of aliphatic hydroxyl groups is 2. The van der Waals surface area contributed by atoms with Crippen molar-refractivity contribution in [1.82, 2.24) is 0 Å². The molecule has 1 atom stereocenters. The number of para-hydroxylation sites is 1. The molecule has 0 aromatic heterocycles. The lowest BCUT2D eigenvalue weighted by molar-refractivity contribution is -0.113. The number of aliphatic hydroxyl groups excluding tert-OH is 2. The number of ether oxygens (including phenoxy) is 1. The maximum atomic E-state index is 12.7. The van der Waals surface area contributed by atoms with Crippen LogP contribution in [0.1, 0.15) is 11.1 Å². The van der Waals surface area contributed by atoms with E-state index >= 15 is 0 Å². The zero-order chi connectivity index (χ0) is 20.3. The first-order valence-corrected chi connectivity index (χ1v) is 9.65. The Hall–Kier alpha value is -2.32. The second-order valence-corrected chi connectivity index (χ2v) is 7.54. The number of carbonyl (C=O) groups excluding carboxylic acids is 2. The van der Waals surface area contributed by atoms with Crippen molar-refractivity contribution in [2.45, 2.75) is 13.0 Å². The van der Waals surface area contributed by atoms with Gasteiger partial charge in [-0.05, 0) is 54.1 Å². The van der Waals surface area contributed by atoms with Crippen LogP contribution in [-0.4, -0.2) is 40.7 Å². The summed E-state index contributed by atoms with van der Waals surface area (Å²) in [5.41, 5.74) is 2.04. The first-order chi connectivity index (χ1) is 13.4. The lowest BCUT2D eigenvalue weighted by Crippen LogP contribution is -2.28. The number of amides is 2. The number of halogens is 1. The molecule has 2 aromatic rings. The van der Waals surface area contributed by atoms with Crippen LogP contribution in [0.25, 0.3) is 6.08 Å². The molecular weight excluding hydrogens is 402 g/mol. The Morgan fingerprint density at radius 2 is 2.00 bits per heavy atom. The number of imide groups is 1. The third-order valence-electron chi connectivity index (χ3n) is 4.05. The van der Waals surface area contributed by atoms with Crippen molar-refractivity contribution in [1.29, 1.82) is 0 Å². The highest BCUT2D eigenvalue weighted by molar-refractivity contribution is 8.19. The van der Waals surface area contributed by atoms with Gasteiger partial charge < -0.3 is 14.9 Å². The summed E-state index contributed by atoms with van der Waals surface area (Å²) in [4.78, 5) is 26.6. The second kappa shape index (κ2) is 8.79. The minimum absolute atomic E-state index is 0.0924. The van der Waals surface area contributed by atoms with E-state index in [4.69, 9.17) is 21.4 Å². The van der Waals surface area contributed by atoms with Gasteiger partial charge in [-0.3, -0.25) is 9.59 Å². The number of benzene rings is 2. The lowest BCUT2D eigenvalue weighted by atomic mass is 10.1. The normalized spacial score (nSPS) is 16.7. The molecule has 0 unspecified atom stereocenters. The van der Waals surface area contributed by atoms with E-state index in [1.54, 1.807) is 36.4 Å². The molecule has 8 heteroatoms. The van der Waals surface area contributed by atoms with Gasteiger partial charge >= 0.3 is 0 Å². The molecule has 1 heterocycles. The fourth-order valence-corrected chi connectivity index (χ4v) is 3.68. The van der Waals surface area contributed by atoms with Gasteiger partial charge in [0.2, 0.25) is 0 Å². The molecular formula is C20H18ClNO5S. The maximum Gasteiger partial charge on any atom is 0.298 e. The highest BCUT2D eigenvalue weighted by atomic mass is 35.5. The van der Waals surface area contributed by atoms with Crippen molar-refractivity contribution in [3.63, 3.8) is 0 Å². The second-order valence-electron chi connectivity index (χ2n) is 6.14. The van der Waals surface area contributed by atoms with E-state index in [0.717, 1.165) is 17.3 Å². The molecule has 0 aliphatic carbocycles. The number of carbonyl (C=O) groups is 2. The number of anilines is 1. The molecule has 28 heavy (non-hydrogen) atoms. The molecule has 2 amide bonds. The van der Waals surface area contributed by atoms with Gasteiger partial charge in [-0.15, -0.1) is 0 Å². The van der Waals surface area contributed by atoms with Crippen LogP contribution in [0.3, 0.4) is 0 Å². The molecule has 6 nitrogen and oxygen atoms in total. The molecule has 1 fully saturated rings. The number of hydrogen-bond acceptors (Lipinski definition) is 6. The molecule has 0 saturated carbocycles. The van der Waals surface area contributed by atoms with E-state index in [1.807, 2.05) is 19.1 Å². The van der Waals surface area contributed by atoms with Crippen molar-refractivity contribution in [3.05, 3.63) is 63.5 Å². The average Bonchev–Trinajstić information content (AvgIpc) is 2.94. The van der Waals surface area contributed by atoms with Gasteiger partial charge in [0.15, 0.2) is 0 Å². The van der Waals surface area contributed by atoms with E-state index < -0.39 is 12.7 Å². The van der Waals surface area contributed by atoms with Gasteiger partial charge in [0, 0.05) is 0 Å². The molecule has 1 aliphatic rings. The van der Waals surface area contributed by atoms with E-state index in [-0.39, 0.29) is 22.8 Å². The quantitative estimate of drug-likeness (QED) is 0.695. The largest absolute Gasteiger partial charge is 0.489 e. The van der Waals surface area contributed by atoms with E-state index in [2.05, 4.69) is 0 Å². The van der Waals surface area contributed by atoms with E-state index in [1.165, 1.54) is 4.90 Å². The minimum atomic E-state index is -0.996. The Morgan fingerprint density at radius 1 is 1.25 bits per heavy atom. The summed E-state index contributed by atoms with van der Waals surface area (Å²) >= 11 is 7.06. The average molecular weight is 420 g/mol. The third kappa shape index (κ3) is 4.39. The van der Waals surface area contributed by atoms with Crippen LogP contribution in [-0.2, 0) is 4.79 Å². The fraction of sp³-hybridized carbons (Fsp3) is 0.200. The summed E-state index contributed by atoms with van der Waals surface area (Å²) in [5.74, 6) is -0.0360. The number of thioether (sulfide) groups is 1. The van der Waals surface area contributed by atoms with Gasteiger partial charge in [0.05, 0.1) is 22.2 Å². The number of aryl methyl sites for hydroxylation is 1. The summed E-state index contributed by atoms with van der Waals surface area (Å²) in [7, 11) is 0. The SMILES string of the molecule is Cc1ccccc1N1C(=O)S/C(=C/c2ccc(OC[C@H](O)CO)c(Cl)c2)C1=O. The van der Waals surface area contributed by atoms with Crippen molar-refractivity contribution < 1.29 is 24.5 Å². The lowest BCUT2D eigenvalue weighted by Gasteiger charge is -2.14.